The Morgan fingerprint density at radius 3 is 1.74 bits per heavy atom. The second-order valence-electron chi connectivity index (χ2n) is 10.5. The molecule has 9 rings (SSSR count). The highest BCUT2D eigenvalue weighted by Gasteiger charge is 2.18. The van der Waals surface area contributed by atoms with Gasteiger partial charge in [-0.05, 0) is 109 Å². The Balaban J connectivity index is 1.43. The molecule has 0 fully saturated rings. The van der Waals surface area contributed by atoms with E-state index in [1.807, 2.05) is 6.07 Å². The Bertz CT molecular complexity index is 1540. The van der Waals surface area contributed by atoms with Gasteiger partial charge in [-0.1, -0.05) is 108 Å². The molecule has 0 unspecified atom stereocenters. The predicted octanol–water partition coefficient (Wildman–Crippen LogP) is 7.32. The van der Waals surface area contributed by atoms with Crippen molar-refractivity contribution in [2.75, 3.05) is 0 Å². The van der Waals surface area contributed by atoms with Crippen LogP contribution in [0.4, 0.5) is 0 Å². The maximum Gasteiger partial charge on any atom is 0.119 e. The molecule has 1 nitrogen and oxygen atoms in total. The van der Waals surface area contributed by atoms with Gasteiger partial charge in [0.2, 0.25) is 0 Å². The van der Waals surface area contributed by atoms with Gasteiger partial charge in [0.15, 0.2) is 0 Å². The largest absolute Gasteiger partial charge is 0.508 e. The fraction of sp³-hybridized carbons (Fsp3) is 0.167. The monoisotopic (exact) mass is 512 g/mol. The molecule has 0 saturated carbocycles. The molecule has 2 heteroatoms. The molecule has 4 bridgehead atoms. The Morgan fingerprint density at radius 2 is 1.11 bits per heavy atom. The van der Waals surface area contributed by atoms with Crippen molar-refractivity contribution in [1.82, 2.24) is 0 Å². The quantitative estimate of drug-likeness (QED) is 0.250. The molecule has 0 atom stereocenters. The summed E-state index contributed by atoms with van der Waals surface area (Å²) in [7, 11) is -0.667. The lowest BCUT2D eigenvalue weighted by Gasteiger charge is -2.21. The van der Waals surface area contributed by atoms with Crippen LogP contribution in [-0.4, -0.2) is 5.11 Å². The Morgan fingerprint density at radius 1 is 0.526 bits per heavy atom. The number of benzene rings is 5. The second-order valence-corrected chi connectivity index (χ2v) is 12.7. The summed E-state index contributed by atoms with van der Waals surface area (Å²) in [5.41, 5.74) is 10.1. The molecule has 5 aromatic rings. The zero-order valence-electron chi connectivity index (χ0n) is 22.1. The summed E-state index contributed by atoms with van der Waals surface area (Å²) in [4.78, 5) is 0. The first-order valence-corrected chi connectivity index (χ1v) is 14.8. The van der Waals surface area contributed by atoms with E-state index in [-0.39, 0.29) is 0 Å². The predicted molar refractivity (Wildman–Crippen MR) is 163 cm³/mol. The third-order valence-corrected chi connectivity index (χ3v) is 10.1. The lowest BCUT2D eigenvalue weighted by atomic mass is 9.90. The SMILES string of the molecule is Cc1ccc(P(c2ccc(C)cc2)c2cccc(-c3cc4ccc3CCc3ccc(c(O)c3)CC4)c2)cc1. The summed E-state index contributed by atoms with van der Waals surface area (Å²) in [5, 5.41) is 14.6. The minimum Gasteiger partial charge on any atom is -0.508 e. The molecule has 4 aliphatic rings. The van der Waals surface area contributed by atoms with Gasteiger partial charge in [-0.15, -0.1) is 0 Å². The summed E-state index contributed by atoms with van der Waals surface area (Å²) < 4.78 is 0. The Labute approximate surface area is 227 Å². The van der Waals surface area contributed by atoms with E-state index in [1.165, 1.54) is 54.9 Å². The van der Waals surface area contributed by atoms with Crippen LogP contribution in [0.2, 0.25) is 0 Å². The van der Waals surface area contributed by atoms with E-state index in [2.05, 4.69) is 117 Å². The molecule has 0 amide bonds. The van der Waals surface area contributed by atoms with Gasteiger partial charge in [0.1, 0.15) is 5.75 Å². The summed E-state index contributed by atoms with van der Waals surface area (Å²) in [6.07, 6.45) is 3.62. The maximum absolute atomic E-state index is 10.5. The van der Waals surface area contributed by atoms with Crippen LogP contribution in [-0.2, 0) is 25.7 Å². The molecular weight excluding hydrogens is 479 g/mol. The number of aromatic hydroxyl groups is 1. The molecule has 0 aliphatic heterocycles. The molecule has 0 saturated heterocycles. The van der Waals surface area contributed by atoms with Crippen LogP contribution < -0.4 is 15.9 Å². The van der Waals surface area contributed by atoms with Crippen LogP contribution >= 0.6 is 7.92 Å². The number of hydrogen-bond donors (Lipinski definition) is 1. The molecule has 0 spiro atoms. The molecular formula is C36H33OP. The minimum absolute atomic E-state index is 0.436. The van der Waals surface area contributed by atoms with Gasteiger partial charge in [-0.2, -0.15) is 0 Å². The van der Waals surface area contributed by atoms with Crippen molar-refractivity contribution < 1.29 is 5.11 Å². The van der Waals surface area contributed by atoms with Crippen LogP contribution in [0.15, 0.2) is 109 Å². The highest BCUT2D eigenvalue weighted by atomic mass is 31.1. The third kappa shape index (κ3) is 5.17. The number of hydrogen-bond acceptors (Lipinski definition) is 1. The Kier molecular flexibility index (Phi) is 6.88. The first-order chi connectivity index (χ1) is 18.5. The molecule has 1 N–H and O–H groups in total. The van der Waals surface area contributed by atoms with Crippen LogP contribution in [0.1, 0.15) is 33.4 Å². The molecule has 188 valence electrons. The van der Waals surface area contributed by atoms with Crippen molar-refractivity contribution in [2.24, 2.45) is 0 Å². The average molecular weight is 513 g/mol. The fourth-order valence-electron chi connectivity index (χ4n) is 5.45. The van der Waals surface area contributed by atoms with E-state index in [1.54, 1.807) is 0 Å². The number of phenols is 1. The van der Waals surface area contributed by atoms with Crippen molar-refractivity contribution in [1.29, 1.82) is 0 Å². The van der Waals surface area contributed by atoms with Crippen molar-refractivity contribution in [2.45, 2.75) is 39.5 Å². The summed E-state index contributed by atoms with van der Waals surface area (Å²) in [6.45, 7) is 4.31. The Hall–Kier alpha value is -3.67. The van der Waals surface area contributed by atoms with Crippen LogP contribution in [0.5, 0.6) is 5.75 Å². The highest BCUT2D eigenvalue weighted by Crippen LogP contribution is 2.36. The first kappa shape index (κ1) is 24.7. The molecule has 0 heterocycles. The van der Waals surface area contributed by atoms with Crippen LogP contribution in [0.3, 0.4) is 0 Å². The first-order valence-electron chi connectivity index (χ1n) is 13.5. The maximum atomic E-state index is 10.5. The van der Waals surface area contributed by atoms with Gasteiger partial charge in [0, 0.05) is 0 Å². The van der Waals surface area contributed by atoms with Crippen LogP contribution in [0.25, 0.3) is 11.1 Å². The third-order valence-electron chi connectivity index (χ3n) is 7.69. The van der Waals surface area contributed by atoms with E-state index in [0.717, 1.165) is 31.2 Å². The van der Waals surface area contributed by atoms with E-state index >= 15 is 0 Å². The van der Waals surface area contributed by atoms with Crippen LogP contribution in [0, 0.1) is 13.8 Å². The van der Waals surface area contributed by atoms with Crippen molar-refractivity contribution in [3.63, 3.8) is 0 Å². The van der Waals surface area contributed by atoms with Gasteiger partial charge in [0.05, 0.1) is 0 Å². The number of aryl methyl sites for hydroxylation is 6. The van der Waals surface area contributed by atoms with Crippen molar-refractivity contribution >= 4 is 23.8 Å². The molecule has 38 heavy (non-hydrogen) atoms. The zero-order chi connectivity index (χ0) is 26.1. The topological polar surface area (TPSA) is 20.2 Å². The standard InChI is InChI=1S/C36H33OP/c1-25-6-18-32(19-7-25)38(33-20-8-26(2)9-21-33)34-5-3-4-31(24-34)35-22-27-10-14-29(35)15-11-28-13-17-30(16-12-27)36(37)23-28/h3-10,13-14,17-24,37H,11-12,15-16H2,1-2H3. The van der Waals surface area contributed by atoms with E-state index < -0.39 is 7.92 Å². The summed E-state index contributed by atoms with van der Waals surface area (Å²) in [5.74, 6) is 0.436. The lowest BCUT2D eigenvalue weighted by Crippen LogP contribution is -2.20. The van der Waals surface area contributed by atoms with Gasteiger partial charge >= 0.3 is 0 Å². The van der Waals surface area contributed by atoms with E-state index in [4.69, 9.17) is 0 Å². The zero-order valence-corrected chi connectivity index (χ0v) is 23.0. The molecule has 4 aliphatic carbocycles. The highest BCUT2D eigenvalue weighted by molar-refractivity contribution is 7.79. The average Bonchev–Trinajstić information content (AvgIpc) is 2.93. The van der Waals surface area contributed by atoms with E-state index in [9.17, 15) is 5.11 Å². The molecule has 5 aromatic carbocycles. The molecule has 0 aromatic heterocycles. The number of rotatable bonds is 4. The lowest BCUT2D eigenvalue weighted by molar-refractivity contribution is 0.467. The van der Waals surface area contributed by atoms with Gasteiger partial charge in [0.25, 0.3) is 0 Å². The second kappa shape index (κ2) is 10.6. The smallest absolute Gasteiger partial charge is 0.119 e. The van der Waals surface area contributed by atoms with Gasteiger partial charge in [-0.25, -0.2) is 0 Å². The van der Waals surface area contributed by atoms with Gasteiger partial charge in [-0.3, -0.25) is 0 Å². The van der Waals surface area contributed by atoms with E-state index in [0.29, 0.717) is 5.75 Å². The molecule has 0 radical (unpaired) electrons. The minimum atomic E-state index is -0.667. The summed E-state index contributed by atoms with van der Waals surface area (Å²) in [6, 6.07) is 40.6. The normalized spacial score (nSPS) is 12.9. The summed E-state index contributed by atoms with van der Waals surface area (Å²) >= 11 is 0. The number of phenolic OH excluding ortho intramolecular Hbond substituents is 1. The fourth-order valence-corrected chi connectivity index (χ4v) is 7.74. The van der Waals surface area contributed by atoms with Crippen molar-refractivity contribution in [3.8, 4) is 16.9 Å². The van der Waals surface area contributed by atoms with Gasteiger partial charge < -0.3 is 5.11 Å². The van der Waals surface area contributed by atoms with Crippen molar-refractivity contribution in [3.05, 3.63) is 143 Å².